The molecule has 1 atom stereocenters. The van der Waals surface area contributed by atoms with Crippen molar-refractivity contribution in [3.05, 3.63) is 53.7 Å². The van der Waals surface area contributed by atoms with Crippen LogP contribution >= 0.6 is 0 Å². The summed E-state index contributed by atoms with van der Waals surface area (Å²) in [7, 11) is 0. The number of aryl methyl sites for hydroxylation is 1. The van der Waals surface area contributed by atoms with Crippen LogP contribution in [-0.4, -0.2) is 16.9 Å². The average Bonchev–Trinajstić information content (AvgIpc) is 2.98. The second-order valence-corrected chi connectivity index (χ2v) is 4.75. The van der Waals surface area contributed by atoms with E-state index in [0.29, 0.717) is 12.2 Å². The van der Waals surface area contributed by atoms with E-state index in [4.69, 9.17) is 10.2 Å². The standard InChI is InChI=1S/C15H19N3O2/c1-11(4-6-13-3-2-8-20-13)18-15(19)14-7-5-12(9-16)10-17-14/h2-3,5,7-8,10-11H,4,6,9,16H2,1H3,(H,18,19). The Morgan fingerprint density at radius 1 is 1.45 bits per heavy atom. The van der Waals surface area contributed by atoms with Crippen molar-refractivity contribution in [2.24, 2.45) is 5.73 Å². The van der Waals surface area contributed by atoms with Crippen LogP contribution in [0.25, 0.3) is 0 Å². The molecule has 20 heavy (non-hydrogen) atoms. The smallest absolute Gasteiger partial charge is 0.270 e. The van der Waals surface area contributed by atoms with E-state index in [-0.39, 0.29) is 11.9 Å². The highest BCUT2D eigenvalue weighted by Crippen LogP contribution is 2.06. The lowest BCUT2D eigenvalue weighted by Gasteiger charge is -2.12. The van der Waals surface area contributed by atoms with Crippen molar-refractivity contribution in [3.63, 3.8) is 0 Å². The van der Waals surface area contributed by atoms with Crippen LogP contribution in [0.2, 0.25) is 0 Å². The average molecular weight is 273 g/mol. The molecule has 0 saturated carbocycles. The molecular weight excluding hydrogens is 254 g/mol. The summed E-state index contributed by atoms with van der Waals surface area (Å²) in [4.78, 5) is 16.1. The van der Waals surface area contributed by atoms with Gasteiger partial charge in [-0.25, -0.2) is 0 Å². The van der Waals surface area contributed by atoms with Gasteiger partial charge < -0.3 is 15.5 Å². The van der Waals surface area contributed by atoms with Crippen molar-refractivity contribution in [2.45, 2.75) is 32.4 Å². The molecule has 1 unspecified atom stereocenters. The highest BCUT2D eigenvalue weighted by atomic mass is 16.3. The normalized spacial score (nSPS) is 12.1. The first-order chi connectivity index (χ1) is 9.69. The topological polar surface area (TPSA) is 81.2 Å². The monoisotopic (exact) mass is 273 g/mol. The summed E-state index contributed by atoms with van der Waals surface area (Å²) >= 11 is 0. The maximum atomic E-state index is 12.0. The molecule has 0 aliphatic carbocycles. The number of furan rings is 1. The minimum absolute atomic E-state index is 0.0589. The van der Waals surface area contributed by atoms with E-state index < -0.39 is 0 Å². The number of hydrogen-bond donors (Lipinski definition) is 2. The Hall–Kier alpha value is -2.14. The first-order valence-corrected chi connectivity index (χ1v) is 6.67. The second kappa shape index (κ2) is 6.86. The first-order valence-electron chi connectivity index (χ1n) is 6.67. The van der Waals surface area contributed by atoms with Crippen LogP contribution in [0, 0.1) is 0 Å². The molecule has 5 heteroatoms. The minimum Gasteiger partial charge on any atom is -0.469 e. The van der Waals surface area contributed by atoms with Gasteiger partial charge in [0.1, 0.15) is 11.5 Å². The van der Waals surface area contributed by atoms with Gasteiger partial charge in [0.25, 0.3) is 5.91 Å². The number of nitrogens with zero attached hydrogens (tertiary/aromatic N) is 1. The molecule has 0 radical (unpaired) electrons. The van der Waals surface area contributed by atoms with E-state index in [1.165, 1.54) is 0 Å². The van der Waals surface area contributed by atoms with Gasteiger partial charge in [-0.2, -0.15) is 0 Å². The SMILES string of the molecule is CC(CCc1ccco1)NC(=O)c1ccc(CN)cn1. The van der Waals surface area contributed by atoms with E-state index in [1.54, 1.807) is 18.5 Å². The fourth-order valence-electron chi connectivity index (χ4n) is 1.86. The van der Waals surface area contributed by atoms with Crippen LogP contribution in [-0.2, 0) is 13.0 Å². The lowest BCUT2D eigenvalue weighted by molar-refractivity contribution is 0.0933. The molecule has 0 saturated heterocycles. The summed E-state index contributed by atoms with van der Waals surface area (Å²) in [6.45, 7) is 2.39. The number of pyridine rings is 1. The number of aromatic nitrogens is 1. The summed E-state index contributed by atoms with van der Waals surface area (Å²) in [6.07, 6.45) is 4.90. The summed E-state index contributed by atoms with van der Waals surface area (Å²) in [6, 6.07) is 7.36. The van der Waals surface area contributed by atoms with E-state index >= 15 is 0 Å². The van der Waals surface area contributed by atoms with E-state index in [1.807, 2.05) is 25.1 Å². The van der Waals surface area contributed by atoms with E-state index in [0.717, 1.165) is 24.2 Å². The van der Waals surface area contributed by atoms with Crippen molar-refractivity contribution in [1.82, 2.24) is 10.3 Å². The Morgan fingerprint density at radius 2 is 2.30 bits per heavy atom. The third-order valence-electron chi connectivity index (χ3n) is 3.07. The molecule has 0 bridgehead atoms. The van der Waals surface area contributed by atoms with E-state index in [9.17, 15) is 4.79 Å². The largest absolute Gasteiger partial charge is 0.469 e. The zero-order chi connectivity index (χ0) is 14.4. The third-order valence-corrected chi connectivity index (χ3v) is 3.07. The van der Waals surface area contributed by atoms with Crippen LogP contribution in [0.4, 0.5) is 0 Å². The first kappa shape index (κ1) is 14.3. The molecule has 3 N–H and O–H groups in total. The fraction of sp³-hybridized carbons (Fsp3) is 0.333. The fourth-order valence-corrected chi connectivity index (χ4v) is 1.86. The molecule has 1 amide bonds. The van der Waals surface area contributed by atoms with Gasteiger partial charge in [-0.15, -0.1) is 0 Å². The molecular formula is C15H19N3O2. The third kappa shape index (κ3) is 3.93. The molecule has 5 nitrogen and oxygen atoms in total. The zero-order valence-electron chi connectivity index (χ0n) is 11.5. The van der Waals surface area contributed by atoms with Crippen LogP contribution in [0.15, 0.2) is 41.1 Å². The number of nitrogens with two attached hydrogens (primary N) is 1. The highest BCUT2D eigenvalue weighted by molar-refractivity contribution is 5.92. The van der Waals surface area contributed by atoms with Crippen molar-refractivity contribution in [3.8, 4) is 0 Å². The van der Waals surface area contributed by atoms with Gasteiger partial charge in [-0.05, 0) is 37.1 Å². The molecule has 2 heterocycles. The van der Waals surface area contributed by atoms with Crippen LogP contribution in [0.1, 0.15) is 35.2 Å². The molecule has 2 aromatic heterocycles. The number of carbonyl (C=O) groups is 1. The van der Waals surface area contributed by atoms with Crippen molar-refractivity contribution in [2.75, 3.05) is 0 Å². The second-order valence-electron chi connectivity index (χ2n) is 4.75. The Kier molecular flexibility index (Phi) is 4.90. The quantitative estimate of drug-likeness (QED) is 0.842. The summed E-state index contributed by atoms with van der Waals surface area (Å²) in [5.41, 5.74) is 6.81. The maximum Gasteiger partial charge on any atom is 0.270 e. The van der Waals surface area contributed by atoms with Gasteiger partial charge >= 0.3 is 0 Å². The minimum atomic E-state index is -0.166. The van der Waals surface area contributed by atoms with Crippen LogP contribution < -0.4 is 11.1 Å². The Labute approximate surface area is 118 Å². The molecule has 0 spiro atoms. The molecule has 0 fully saturated rings. The number of hydrogen-bond acceptors (Lipinski definition) is 4. The van der Waals surface area contributed by atoms with E-state index in [2.05, 4.69) is 10.3 Å². The van der Waals surface area contributed by atoms with Crippen LogP contribution in [0.5, 0.6) is 0 Å². The Bertz CT molecular complexity index is 535. The maximum absolute atomic E-state index is 12.0. The van der Waals surface area contributed by atoms with Gasteiger partial charge in [0.2, 0.25) is 0 Å². The number of amides is 1. The summed E-state index contributed by atoms with van der Waals surface area (Å²) < 4.78 is 5.26. The predicted octanol–water partition coefficient (Wildman–Crippen LogP) is 1.88. The predicted molar refractivity (Wildman–Crippen MR) is 76.1 cm³/mol. The molecule has 2 aromatic rings. The number of rotatable bonds is 6. The molecule has 106 valence electrons. The summed E-state index contributed by atoms with van der Waals surface area (Å²) in [5, 5.41) is 2.92. The zero-order valence-corrected chi connectivity index (χ0v) is 11.5. The molecule has 2 rings (SSSR count). The highest BCUT2D eigenvalue weighted by Gasteiger charge is 2.11. The van der Waals surface area contributed by atoms with Crippen molar-refractivity contribution < 1.29 is 9.21 Å². The van der Waals surface area contributed by atoms with Gasteiger partial charge in [0, 0.05) is 25.2 Å². The Morgan fingerprint density at radius 3 is 2.90 bits per heavy atom. The lowest BCUT2D eigenvalue weighted by atomic mass is 10.1. The molecule has 0 aliphatic rings. The van der Waals surface area contributed by atoms with Gasteiger partial charge in [0.15, 0.2) is 0 Å². The van der Waals surface area contributed by atoms with Crippen molar-refractivity contribution >= 4 is 5.91 Å². The Balaban J connectivity index is 1.83. The van der Waals surface area contributed by atoms with Gasteiger partial charge in [-0.3, -0.25) is 9.78 Å². The van der Waals surface area contributed by atoms with Gasteiger partial charge in [-0.1, -0.05) is 6.07 Å². The molecule has 0 aliphatic heterocycles. The number of carbonyl (C=O) groups excluding carboxylic acids is 1. The van der Waals surface area contributed by atoms with Crippen LogP contribution in [0.3, 0.4) is 0 Å². The van der Waals surface area contributed by atoms with Crippen molar-refractivity contribution in [1.29, 1.82) is 0 Å². The molecule has 0 aromatic carbocycles. The summed E-state index contributed by atoms with van der Waals surface area (Å²) in [5.74, 6) is 0.761. The van der Waals surface area contributed by atoms with Gasteiger partial charge in [0.05, 0.1) is 6.26 Å². The number of nitrogens with one attached hydrogen (secondary N) is 1. The lowest BCUT2D eigenvalue weighted by Crippen LogP contribution is -2.33.